The van der Waals surface area contributed by atoms with Gasteiger partial charge in [0.2, 0.25) is 0 Å². The Morgan fingerprint density at radius 3 is 2.19 bits per heavy atom. The molecule has 0 amide bonds. The zero-order valence-corrected chi connectivity index (χ0v) is 15.4. The van der Waals surface area contributed by atoms with E-state index in [1.165, 1.54) is 22.0 Å². The molecule has 0 aliphatic rings. The van der Waals surface area contributed by atoms with Gasteiger partial charge in [0.1, 0.15) is 0 Å². The second-order valence-electron chi connectivity index (χ2n) is 6.20. The molecule has 0 atom stereocenters. The van der Waals surface area contributed by atoms with Crippen molar-refractivity contribution in [1.82, 2.24) is 4.57 Å². The van der Waals surface area contributed by atoms with Gasteiger partial charge in [-0.15, -0.1) is 0 Å². The average molecular weight is 357 g/mol. The van der Waals surface area contributed by atoms with E-state index in [1.807, 2.05) is 36.4 Å². The fourth-order valence-electron chi connectivity index (χ4n) is 3.26. The van der Waals surface area contributed by atoms with Crippen LogP contribution in [0.15, 0.2) is 90.0 Å². The van der Waals surface area contributed by atoms with Gasteiger partial charge in [-0.05, 0) is 11.6 Å². The third kappa shape index (κ3) is 3.06. The lowest BCUT2D eigenvalue weighted by Gasteiger charge is -2.08. The average Bonchev–Trinajstić information content (AvgIpc) is 2.99. The zero-order valence-electron chi connectivity index (χ0n) is 14.6. The van der Waals surface area contributed by atoms with Crippen LogP contribution in [0.3, 0.4) is 0 Å². The first-order chi connectivity index (χ1) is 12.8. The van der Waals surface area contributed by atoms with Crippen LogP contribution < -0.4 is 0 Å². The van der Waals surface area contributed by atoms with Crippen LogP contribution in [0.2, 0.25) is 0 Å². The topological polar surface area (TPSA) is 22.0 Å². The van der Waals surface area contributed by atoms with E-state index < -0.39 is 0 Å². The van der Waals surface area contributed by atoms with Crippen LogP contribution in [0.5, 0.6) is 0 Å². The summed E-state index contributed by atoms with van der Waals surface area (Å²) in [6.07, 6.45) is 0. The highest BCUT2D eigenvalue weighted by molar-refractivity contribution is 8.00. The lowest BCUT2D eigenvalue weighted by atomic mass is 10.1. The molecule has 1 aromatic heterocycles. The Hall–Kier alpha value is -2.78. The SMILES string of the molecule is Cn1c(SCC(=O)c2ccccc2)c(-c2ccccc2)c2ccccc21. The van der Waals surface area contributed by atoms with Crippen LogP contribution in [0, 0.1) is 0 Å². The summed E-state index contributed by atoms with van der Waals surface area (Å²) < 4.78 is 2.20. The second kappa shape index (κ2) is 7.22. The standard InChI is InChI=1S/C23H19NOS/c1-24-20-15-9-8-14-19(20)22(18-12-6-3-7-13-18)23(24)26-16-21(25)17-10-4-2-5-11-17/h2-15H,16H2,1H3. The van der Waals surface area contributed by atoms with Gasteiger partial charge in [0.15, 0.2) is 5.78 Å². The maximum atomic E-state index is 12.6. The summed E-state index contributed by atoms with van der Waals surface area (Å²) in [5.74, 6) is 0.577. The number of thioether (sulfide) groups is 1. The molecular weight excluding hydrogens is 338 g/mol. The van der Waals surface area contributed by atoms with Gasteiger partial charge in [-0.2, -0.15) is 0 Å². The van der Waals surface area contributed by atoms with Crippen molar-refractivity contribution in [2.45, 2.75) is 5.03 Å². The van der Waals surface area contributed by atoms with Crippen LogP contribution in [0.4, 0.5) is 0 Å². The number of rotatable bonds is 5. The summed E-state index contributed by atoms with van der Waals surface area (Å²) in [5.41, 5.74) is 4.33. The summed E-state index contributed by atoms with van der Waals surface area (Å²) in [6, 6.07) is 28.3. The van der Waals surface area contributed by atoms with Crippen molar-refractivity contribution in [3.63, 3.8) is 0 Å². The van der Waals surface area contributed by atoms with Crippen LogP contribution in [-0.4, -0.2) is 16.1 Å². The summed E-state index contributed by atoms with van der Waals surface area (Å²) in [5, 5.41) is 2.34. The number of para-hydroxylation sites is 1. The predicted molar refractivity (Wildman–Crippen MR) is 110 cm³/mol. The van der Waals surface area contributed by atoms with E-state index in [1.54, 1.807) is 11.8 Å². The monoisotopic (exact) mass is 357 g/mol. The van der Waals surface area contributed by atoms with Gasteiger partial charge in [-0.1, -0.05) is 90.6 Å². The van der Waals surface area contributed by atoms with Crippen LogP contribution in [-0.2, 0) is 7.05 Å². The van der Waals surface area contributed by atoms with Gasteiger partial charge < -0.3 is 4.57 Å². The van der Waals surface area contributed by atoms with E-state index in [9.17, 15) is 4.79 Å². The molecular formula is C23H19NOS. The molecule has 0 aliphatic carbocycles. The maximum Gasteiger partial charge on any atom is 0.173 e. The number of Topliss-reactive ketones (excluding diaryl/α,β-unsaturated/α-hetero) is 1. The Balaban J connectivity index is 1.75. The van der Waals surface area contributed by atoms with E-state index >= 15 is 0 Å². The third-order valence-electron chi connectivity index (χ3n) is 4.55. The van der Waals surface area contributed by atoms with Crippen molar-refractivity contribution < 1.29 is 4.79 Å². The van der Waals surface area contributed by atoms with E-state index in [0.29, 0.717) is 5.75 Å². The molecule has 0 fully saturated rings. The molecule has 0 spiro atoms. The molecule has 2 nitrogen and oxygen atoms in total. The van der Waals surface area contributed by atoms with Gasteiger partial charge >= 0.3 is 0 Å². The van der Waals surface area contributed by atoms with Gasteiger partial charge in [0.25, 0.3) is 0 Å². The lowest BCUT2D eigenvalue weighted by Crippen LogP contribution is -2.03. The number of hydrogen-bond acceptors (Lipinski definition) is 2. The first-order valence-electron chi connectivity index (χ1n) is 8.59. The fraction of sp³-hybridized carbons (Fsp3) is 0.0870. The van der Waals surface area contributed by atoms with E-state index in [2.05, 4.69) is 60.1 Å². The molecule has 1 heterocycles. The molecule has 0 bridgehead atoms. The molecule has 0 N–H and O–H groups in total. The molecule has 0 unspecified atom stereocenters. The molecule has 128 valence electrons. The molecule has 4 rings (SSSR count). The third-order valence-corrected chi connectivity index (χ3v) is 5.71. The summed E-state index contributed by atoms with van der Waals surface area (Å²) in [4.78, 5) is 12.6. The van der Waals surface area contributed by atoms with Crippen molar-refractivity contribution >= 4 is 28.4 Å². The van der Waals surface area contributed by atoms with Crippen molar-refractivity contribution in [3.05, 3.63) is 90.5 Å². The molecule has 0 saturated carbocycles. The van der Waals surface area contributed by atoms with Crippen molar-refractivity contribution in [2.24, 2.45) is 7.05 Å². The molecule has 26 heavy (non-hydrogen) atoms. The normalized spacial score (nSPS) is 11.0. The number of carbonyl (C=O) groups excluding carboxylic acids is 1. The van der Waals surface area contributed by atoms with Crippen LogP contribution >= 0.6 is 11.8 Å². The molecule has 0 aliphatic heterocycles. The van der Waals surface area contributed by atoms with Gasteiger partial charge in [0, 0.05) is 29.1 Å². The maximum absolute atomic E-state index is 12.6. The Morgan fingerprint density at radius 2 is 1.46 bits per heavy atom. The van der Waals surface area contributed by atoms with Crippen molar-refractivity contribution in [2.75, 3.05) is 5.75 Å². The summed E-state index contributed by atoms with van der Waals surface area (Å²) in [6.45, 7) is 0. The Morgan fingerprint density at radius 1 is 0.846 bits per heavy atom. The number of fused-ring (bicyclic) bond motifs is 1. The Bertz CT molecular complexity index is 1050. The summed E-state index contributed by atoms with van der Waals surface area (Å²) >= 11 is 1.61. The number of carbonyl (C=O) groups is 1. The van der Waals surface area contributed by atoms with Gasteiger partial charge in [-0.25, -0.2) is 0 Å². The number of benzene rings is 3. The minimum Gasteiger partial charge on any atom is -0.338 e. The number of aromatic nitrogens is 1. The Labute approximate surface area is 157 Å². The van der Waals surface area contributed by atoms with E-state index in [4.69, 9.17) is 0 Å². The van der Waals surface area contributed by atoms with Gasteiger partial charge in [-0.3, -0.25) is 4.79 Å². The first kappa shape index (κ1) is 16.7. The minimum atomic E-state index is 0.153. The van der Waals surface area contributed by atoms with Crippen LogP contribution in [0.1, 0.15) is 10.4 Å². The molecule has 4 aromatic rings. The highest BCUT2D eigenvalue weighted by atomic mass is 32.2. The largest absolute Gasteiger partial charge is 0.338 e. The Kier molecular flexibility index (Phi) is 4.63. The highest BCUT2D eigenvalue weighted by Gasteiger charge is 2.18. The van der Waals surface area contributed by atoms with E-state index in [0.717, 1.165) is 10.6 Å². The minimum absolute atomic E-state index is 0.153. The highest BCUT2D eigenvalue weighted by Crippen LogP contribution is 2.39. The van der Waals surface area contributed by atoms with Gasteiger partial charge in [0.05, 0.1) is 10.8 Å². The van der Waals surface area contributed by atoms with Crippen molar-refractivity contribution in [1.29, 1.82) is 0 Å². The molecule has 0 radical (unpaired) electrons. The van der Waals surface area contributed by atoms with E-state index in [-0.39, 0.29) is 5.78 Å². The van der Waals surface area contributed by atoms with Crippen molar-refractivity contribution in [3.8, 4) is 11.1 Å². The number of nitrogens with zero attached hydrogens (tertiary/aromatic N) is 1. The number of ketones is 1. The van der Waals surface area contributed by atoms with Crippen LogP contribution in [0.25, 0.3) is 22.0 Å². The zero-order chi connectivity index (χ0) is 17.9. The smallest absolute Gasteiger partial charge is 0.173 e. The predicted octanol–water partition coefficient (Wildman–Crippen LogP) is 5.82. The quantitative estimate of drug-likeness (QED) is 0.332. The fourth-order valence-corrected chi connectivity index (χ4v) is 4.36. The second-order valence-corrected chi connectivity index (χ2v) is 7.16. The molecule has 3 aromatic carbocycles. The number of aryl methyl sites for hydroxylation is 1. The first-order valence-corrected chi connectivity index (χ1v) is 9.58. The number of hydrogen-bond donors (Lipinski definition) is 0. The lowest BCUT2D eigenvalue weighted by molar-refractivity contribution is 0.102. The summed E-state index contributed by atoms with van der Waals surface area (Å²) in [7, 11) is 2.07. The molecule has 3 heteroatoms. The molecule has 0 saturated heterocycles.